The fourth-order valence-corrected chi connectivity index (χ4v) is 4.64. The van der Waals surface area contributed by atoms with Crippen molar-refractivity contribution in [2.75, 3.05) is 39.5 Å². The molecule has 3 heterocycles. The van der Waals surface area contributed by atoms with Gasteiger partial charge in [-0.2, -0.15) is 0 Å². The van der Waals surface area contributed by atoms with Crippen LogP contribution in [-0.2, 0) is 17.6 Å². The number of benzene rings is 2. The SMILES string of the molecule is CCCc1nnc2c(=O)[nH]c3cc(C(=O)CCc4ccccc4OCCN4CCOCC4)ccc3n12. The van der Waals surface area contributed by atoms with Crippen LogP contribution in [0.3, 0.4) is 0 Å². The summed E-state index contributed by atoms with van der Waals surface area (Å²) in [5, 5.41) is 8.22. The third-order valence-electron chi connectivity index (χ3n) is 6.58. The van der Waals surface area contributed by atoms with E-state index in [0.29, 0.717) is 36.9 Å². The molecule has 1 aliphatic heterocycles. The number of Topliss-reactive ketones (excluding diaryl/α,β-unsaturated/α-hetero) is 1. The van der Waals surface area contributed by atoms with Crippen molar-refractivity contribution in [1.29, 1.82) is 0 Å². The fourth-order valence-electron chi connectivity index (χ4n) is 4.64. The summed E-state index contributed by atoms with van der Waals surface area (Å²) < 4.78 is 13.2. The van der Waals surface area contributed by atoms with Gasteiger partial charge in [0.1, 0.15) is 18.2 Å². The van der Waals surface area contributed by atoms with Crippen LogP contribution in [0.5, 0.6) is 5.75 Å². The Morgan fingerprint density at radius 1 is 1.11 bits per heavy atom. The van der Waals surface area contributed by atoms with Gasteiger partial charge in [0.25, 0.3) is 5.56 Å². The van der Waals surface area contributed by atoms with Crippen molar-refractivity contribution in [3.05, 3.63) is 69.8 Å². The lowest BCUT2D eigenvalue weighted by molar-refractivity contribution is 0.0322. The van der Waals surface area contributed by atoms with Crippen molar-refractivity contribution >= 4 is 22.5 Å². The Morgan fingerprint density at radius 3 is 2.78 bits per heavy atom. The molecule has 0 amide bonds. The molecule has 5 rings (SSSR count). The van der Waals surface area contributed by atoms with E-state index < -0.39 is 0 Å². The van der Waals surface area contributed by atoms with Gasteiger partial charge in [-0.3, -0.25) is 18.9 Å². The van der Waals surface area contributed by atoms with Gasteiger partial charge in [0.05, 0.1) is 24.2 Å². The van der Waals surface area contributed by atoms with Gasteiger partial charge in [0.2, 0.25) is 5.65 Å². The first kappa shape index (κ1) is 24.1. The molecular weight excluding hydrogens is 458 g/mol. The maximum absolute atomic E-state index is 13.1. The van der Waals surface area contributed by atoms with Crippen molar-refractivity contribution in [1.82, 2.24) is 24.5 Å². The molecule has 1 fully saturated rings. The molecule has 0 unspecified atom stereocenters. The van der Waals surface area contributed by atoms with Gasteiger partial charge < -0.3 is 14.5 Å². The molecule has 0 spiro atoms. The average molecular weight is 490 g/mol. The van der Waals surface area contributed by atoms with E-state index in [9.17, 15) is 9.59 Å². The highest BCUT2D eigenvalue weighted by Crippen LogP contribution is 2.22. The second-order valence-electron chi connectivity index (χ2n) is 9.04. The first-order chi connectivity index (χ1) is 17.6. The maximum atomic E-state index is 13.1. The third-order valence-corrected chi connectivity index (χ3v) is 6.58. The number of carbonyl (C=O) groups excluding carboxylic acids is 1. The van der Waals surface area contributed by atoms with Gasteiger partial charge >= 0.3 is 0 Å². The number of aromatic nitrogens is 4. The Balaban J connectivity index is 1.28. The lowest BCUT2D eigenvalue weighted by Crippen LogP contribution is -2.38. The normalized spacial score (nSPS) is 14.5. The molecule has 0 aliphatic carbocycles. The maximum Gasteiger partial charge on any atom is 0.294 e. The van der Waals surface area contributed by atoms with Crippen molar-refractivity contribution < 1.29 is 14.3 Å². The summed E-state index contributed by atoms with van der Waals surface area (Å²) in [6.45, 7) is 6.90. The van der Waals surface area contributed by atoms with Crippen molar-refractivity contribution in [2.45, 2.75) is 32.6 Å². The topological polar surface area (TPSA) is 102 Å². The number of fused-ring (bicyclic) bond motifs is 3. The van der Waals surface area contributed by atoms with Gasteiger partial charge in [-0.25, -0.2) is 0 Å². The largest absolute Gasteiger partial charge is 0.492 e. The first-order valence-corrected chi connectivity index (χ1v) is 12.6. The van der Waals surface area contributed by atoms with Crippen LogP contribution >= 0.6 is 0 Å². The lowest BCUT2D eigenvalue weighted by atomic mass is 10.0. The Kier molecular flexibility index (Phi) is 7.39. The van der Waals surface area contributed by atoms with Crippen LogP contribution in [0.1, 0.15) is 41.5 Å². The minimum atomic E-state index is -0.315. The highest BCUT2D eigenvalue weighted by molar-refractivity contribution is 5.99. The summed E-state index contributed by atoms with van der Waals surface area (Å²) in [6, 6.07) is 13.3. The van der Waals surface area contributed by atoms with Gasteiger partial charge in [-0.15, -0.1) is 10.2 Å². The second-order valence-corrected chi connectivity index (χ2v) is 9.04. The van der Waals surface area contributed by atoms with E-state index in [-0.39, 0.29) is 17.0 Å². The van der Waals surface area contributed by atoms with Crippen LogP contribution in [0.25, 0.3) is 16.7 Å². The van der Waals surface area contributed by atoms with E-state index in [1.165, 1.54) is 0 Å². The highest BCUT2D eigenvalue weighted by atomic mass is 16.5. The molecule has 1 N–H and O–H groups in total. The molecule has 188 valence electrons. The zero-order valence-electron chi connectivity index (χ0n) is 20.5. The number of aromatic amines is 1. The van der Waals surface area contributed by atoms with E-state index in [0.717, 1.165) is 61.9 Å². The number of morpholine rings is 1. The van der Waals surface area contributed by atoms with Gasteiger partial charge in [0, 0.05) is 38.0 Å². The predicted octanol–water partition coefficient (Wildman–Crippen LogP) is 3.05. The predicted molar refractivity (Wildman–Crippen MR) is 137 cm³/mol. The number of nitrogens with zero attached hydrogens (tertiary/aromatic N) is 4. The summed E-state index contributed by atoms with van der Waals surface area (Å²) in [6.07, 6.45) is 2.53. The van der Waals surface area contributed by atoms with Crippen LogP contribution in [0, 0.1) is 0 Å². The minimum Gasteiger partial charge on any atom is -0.492 e. The number of carbonyl (C=O) groups is 1. The Morgan fingerprint density at radius 2 is 1.94 bits per heavy atom. The summed E-state index contributed by atoms with van der Waals surface area (Å²) in [5.74, 6) is 1.58. The molecule has 36 heavy (non-hydrogen) atoms. The smallest absolute Gasteiger partial charge is 0.294 e. The summed E-state index contributed by atoms with van der Waals surface area (Å²) in [4.78, 5) is 30.8. The summed E-state index contributed by atoms with van der Waals surface area (Å²) in [5.41, 5.74) is 2.92. The molecule has 0 bridgehead atoms. The number of ketones is 1. The highest BCUT2D eigenvalue weighted by Gasteiger charge is 2.15. The number of para-hydroxylation sites is 1. The van der Waals surface area contributed by atoms with Gasteiger partial charge in [-0.05, 0) is 42.7 Å². The number of rotatable bonds is 10. The van der Waals surface area contributed by atoms with Crippen LogP contribution in [0.4, 0.5) is 0 Å². The fraction of sp³-hybridized carbons (Fsp3) is 0.407. The zero-order chi connectivity index (χ0) is 24.9. The van der Waals surface area contributed by atoms with Crippen molar-refractivity contribution in [3.8, 4) is 5.75 Å². The van der Waals surface area contributed by atoms with E-state index >= 15 is 0 Å². The van der Waals surface area contributed by atoms with Crippen molar-refractivity contribution in [2.24, 2.45) is 0 Å². The molecule has 0 saturated carbocycles. The molecule has 9 heteroatoms. The van der Waals surface area contributed by atoms with E-state index in [1.54, 1.807) is 10.5 Å². The minimum absolute atomic E-state index is 0.0125. The van der Waals surface area contributed by atoms with E-state index in [1.807, 2.05) is 36.4 Å². The number of ether oxygens (including phenoxy) is 2. The molecule has 2 aromatic carbocycles. The van der Waals surface area contributed by atoms with Crippen molar-refractivity contribution in [3.63, 3.8) is 0 Å². The quantitative estimate of drug-likeness (QED) is 0.342. The second kappa shape index (κ2) is 11.0. The molecule has 0 atom stereocenters. The lowest BCUT2D eigenvalue weighted by Gasteiger charge is -2.26. The summed E-state index contributed by atoms with van der Waals surface area (Å²) >= 11 is 0. The number of hydrogen-bond donors (Lipinski definition) is 1. The van der Waals surface area contributed by atoms with Crippen LogP contribution in [-0.4, -0.2) is 69.7 Å². The Labute approximate surface area is 209 Å². The number of nitrogens with one attached hydrogen (secondary N) is 1. The number of H-pyrrole nitrogens is 1. The molecule has 0 radical (unpaired) electrons. The Bertz CT molecular complexity index is 1420. The molecule has 9 nitrogen and oxygen atoms in total. The molecule has 1 saturated heterocycles. The first-order valence-electron chi connectivity index (χ1n) is 12.6. The summed E-state index contributed by atoms with van der Waals surface area (Å²) in [7, 11) is 0. The van der Waals surface area contributed by atoms with E-state index in [2.05, 4.69) is 27.0 Å². The van der Waals surface area contributed by atoms with Crippen LogP contribution in [0.15, 0.2) is 47.3 Å². The zero-order valence-corrected chi connectivity index (χ0v) is 20.5. The van der Waals surface area contributed by atoms with E-state index in [4.69, 9.17) is 9.47 Å². The monoisotopic (exact) mass is 489 g/mol. The number of hydrogen-bond acceptors (Lipinski definition) is 7. The van der Waals surface area contributed by atoms with Gasteiger partial charge in [-0.1, -0.05) is 25.1 Å². The number of aryl methyl sites for hydroxylation is 2. The Hall–Kier alpha value is -3.56. The third kappa shape index (κ3) is 5.17. The van der Waals surface area contributed by atoms with Gasteiger partial charge in [0.15, 0.2) is 5.78 Å². The van der Waals surface area contributed by atoms with Crippen LogP contribution in [0.2, 0.25) is 0 Å². The molecule has 4 aromatic rings. The standard InChI is InChI=1S/C27H31N5O4/c1-2-5-25-29-30-26-27(34)28-21-18-20(8-10-22(21)32(25)26)23(33)11-9-19-6-3-4-7-24(19)36-17-14-31-12-15-35-16-13-31/h3-4,6-8,10,18H,2,5,9,11-17H2,1H3,(H,28,34). The van der Waals surface area contributed by atoms with Crippen LogP contribution < -0.4 is 10.3 Å². The molecule has 1 aliphatic rings. The average Bonchev–Trinajstić information content (AvgIpc) is 3.33. The molecular formula is C27H31N5O4. The molecule has 2 aromatic heterocycles.